The van der Waals surface area contributed by atoms with E-state index in [4.69, 9.17) is 9.57 Å². The van der Waals surface area contributed by atoms with Crippen molar-refractivity contribution in [2.75, 3.05) is 38.2 Å². The number of amides is 2. The van der Waals surface area contributed by atoms with Crippen LogP contribution in [0.5, 0.6) is 0 Å². The topological polar surface area (TPSA) is 130 Å². The minimum Gasteiger partial charge on any atom is -0.389 e. The van der Waals surface area contributed by atoms with E-state index in [1.165, 1.54) is 40.5 Å². The van der Waals surface area contributed by atoms with Crippen molar-refractivity contribution in [2.24, 2.45) is 5.16 Å². The Morgan fingerprint density at radius 3 is 2.61 bits per heavy atom. The van der Waals surface area contributed by atoms with Crippen LogP contribution in [-0.4, -0.2) is 97.4 Å². The van der Waals surface area contributed by atoms with Crippen LogP contribution in [0.15, 0.2) is 40.5 Å². The second-order valence-electron chi connectivity index (χ2n) is 10.3. The Kier molecular flexibility index (Phi) is 8.97. The van der Waals surface area contributed by atoms with Crippen LogP contribution < -0.4 is 5.32 Å². The van der Waals surface area contributed by atoms with Gasteiger partial charge in [0.2, 0.25) is 0 Å². The molecule has 1 aromatic carbocycles. The van der Waals surface area contributed by atoms with E-state index in [-0.39, 0.29) is 34.5 Å². The minimum absolute atomic E-state index is 0.0299. The number of rotatable bonds is 10. The van der Waals surface area contributed by atoms with Gasteiger partial charge in [-0.25, -0.2) is 13.4 Å². The summed E-state index contributed by atoms with van der Waals surface area (Å²) in [5.41, 5.74) is 0.357. The number of nitrogens with one attached hydrogen (secondary N) is 1. The van der Waals surface area contributed by atoms with Gasteiger partial charge in [0.1, 0.15) is 0 Å². The molecule has 5 rings (SSSR count). The number of alkyl halides is 2. The van der Waals surface area contributed by atoms with Gasteiger partial charge in [0.05, 0.1) is 23.4 Å². The molecule has 2 aliphatic heterocycles. The summed E-state index contributed by atoms with van der Waals surface area (Å²) < 4.78 is 56.1. The monoisotopic (exact) mass is 611 g/mol. The van der Waals surface area contributed by atoms with Crippen molar-refractivity contribution in [2.45, 2.75) is 61.4 Å². The summed E-state index contributed by atoms with van der Waals surface area (Å²) in [5, 5.41) is 6.84. The number of sulfone groups is 1. The first kappa shape index (κ1) is 29.5. The molecule has 222 valence electrons. The summed E-state index contributed by atoms with van der Waals surface area (Å²) in [5.74, 6) is -1.73. The molecule has 1 N–H and O–H groups in total. The van der Waals surface area contributed by atoms with Gasteiger partial charge in [-0.1, -0.05) is 17.3 Å². The fourth-order valence-electron chi connectivity index (χ4n) is 4.77. The Bertz CT molecular complexity index is 1390. The van der Waals surface area contributed by atoms with E-state index in [1.54, 1.807) is 13.1 Å². The fraction of sp³-hybridized carbons (Fsp3) is 0.538. The van der Waals surface area contributed by atoms with E-state index in [2.05, 4.69) is 15.5 Å². The SMILES string of the molecule is C[C@H]1CN(Cc2cnc(NC(=O)C(=NO[C@@H]3CCOC3)c3ccc(S(=O)(=O)C4CC4)cc3)s2)CCN1C(=O)C(F)F. The molecule has 3 aliphatic rings. The van der Waals surface area contributed by atoms with Crippen molar-refractivity contribution in [3.8, 4) is 0 Å². The average Bonchev–Trinajstić information content (AvgIpc) is 3.53. The molecule has 2 amide bonds. The predicted octanol–water partition coefficient (Wildman–Crippen LogP) is 2.53. The van der Waals surface area contributed by atoms with E-state index in [1.807, 2.05) is 4.90 Å². The summed E-state index contributed by atoms with van der Waals surface area (Å²) in [7, 11) is -3.38. The number of aromatic nitrogens is 1. The number of anilines is 1. The van der Waals surface area contributed by atoms with Gasteiger partial charge in [-0.05, 0) is 31.9 Å². The standard InChI is InChI=1S/C26H31F2N5O6S2/c1-16-13-32(9-10-33(16)25(35)23(27)28)14-19-12-29-26(40-19)30-24(34)22(31-39-18-8-11-38-15-18)17-2-4-20(5-3-17)41(36,37)21-6-7-21/h2-5,12,16,18,21,23H,6-11,13-15H2,1H3,(H,29,30,34)/t16-,18+/m0/s1. The molecular formula is C26H31F2N5O6S2. The zero-order valence-corrected chi connectivity index (χ0v) is 24.0. The number of oxime groups is 1. The van der Waals surface area contributed by atoms with Gasteiger partial charge < -0.3 is 14.5 Å². The molecule has 41 heavy (non-hydrogen) atoms. The van der Waals surface area contributed by atoms with E-state index >= 15 is 0 Å². The first-order valence-electron chi connectivity index (χ1n) is 13.3. The van der Waals surface area contributed by atoms with Crippen LogP contribution in [0, 0.1) is 0 Å². The molecule has 1 aliphatic carbocycles. The highest BCUT2D eigenvalue weighted by Crippen LogP contribution is 2.33. The Morgan fingerprint density at radius 1 is 1.22 bits per heavy atom. The maximum absolute atomic E-state index is 13.3. The lowest BCUT2D eigenvalue weighted by atomic mass is 10.1. The molecule has 0 spiro atoms. The molecule has 3 fully saturated rings. The third kappa shape index (κ3) is 7.08. The van der Waals surface area contributed by atoms with Crippen LogP contribution in [0.2, 0.25) is 0 Å². The first-order valence-corrected chi connectivity index (χ1v) is 15.7. The summed E-state index contributed by atoms with van der Waals surface area (Å²) in [6, 6.07) is 5.67. The number of halogens is 2. The predicted molar refractivity (Wildman–Crippen MR) is 147 cm³/mol. The highest BCUT2D eigenvalue weighted by molar-refractivity contribution is 7.92. The smallest absolute Gasteiger partial charge is 0.315 e. The quantitative estimate of drug-likeness (QED) is 0.321. The highest BCUT2D eigenvalue weighted by atomic mass is 32.2. The van der Waals surface area contributed by atoms with Gasteiger partial charge in [-0.2, -0.15) is 8.78 Å². The molecule has 1 aromatic heterocycles. The summed E-state index contributed by atoms with van der Waals surface area (Å²) >= 11 is 1.26. The van der Waals surface area contributed by atoms with Crippen molar-refractivity contribution in [3.05, 3.63) is 40.9 Å². The zero-order chi connectivity index (χ0) is 29.1. The maximum atomic E-state index is 13.3. The minimum atomic E-state index is -3.38. The van der Waals surface area contributed by atoms with Gasteiger partial charge in [0.25, 0.3) is 11.8 Å². The van der Waals surface area contributed by atoms with Crippen LogP contribution in [-0.2, 0) is 35.5 Å². The lowest BCUT2D eigenvalue weighted by molar-refractivity contribution is -0.147. The average molecular weight is 612 g/mol. The molecule has 2 aromatic rings. The summed E-state index contributed by atoms with van der Waals surface area (Å²) in [6.45, 7) is 4.19. The Hall–Kier alpha value is -3.01. The molecule has 15 heteroatoms. The number of benzene rings is 1. The van der Waals surface area contributed by atoms with E-state index < -0.39 is 28.1 Å². The number of hydrogen-bond donors (Lipinski definition) is 1. The molecule has 2 atom stereocenters. The molecule has 0 bridgehead atoms. The number of carbonyl (C=O) groups is 2. The van der Waals surface area contributed by atoms with Crippen molar-refractivity contribution in [1.29, 1.82) is 0 Å². The Balaban J connectivity index is 1.25. The van der Waals surface area contributed by atoms with E-state index in [0.29, 0.717) is 62.8 Å². The molecular weight excluding hydrogens is 580 g/mol. The van der Waals surface area contributed by atoms with E-state index in [0.717, 1.165) is 4.88 Å². The number of thiazole rings is 1. The molecule has 1 saturated carbocycles. The lowest BCUT2D eigenvalue weighted by Gasteiger charge is -2.39. The van der Waals surface area contributed by atoms with Crippen LogP contribution in [0.1, 0.15) is 36.6 Å². The molecule has 0 unspecified atom stereocenters. The van der Waals surface area contributed by atoms with Crippen molar-refractivity contribution in [1.82, 2.24) is 14.8 Å². The Labute approximate surface area is 240 Å². The van der Waals surface area contributed by atoms with Crippen molar-refractivity contribution >= 4 is 43.8 Å². The Morgan fingerprint density at radius 2 is 1.98 bits per heavy atom. The van der Waals surface area contributed by atoms with Crippen LogP contribution >= 0.6 is 11.3 Å². The molecule has 3 heterocycles. The largest absolute Gasteiger partial charge is 0.389 e. The first-order chi connectivity index (χ1) is 19.6. The van der Waals surface area contributed by atoms with Crippen LogP contribution in [0.3, 0.4) is 0 Å². The maximum Gasteiger partial charge on any atom is 0.315 e. The van der Waals surface area contributed by atoms with Gasteiger partial charge in [0, 0.05) is 55.3 Å². The van der Waals surface area contributed by atoms with Gasteiger partial charge in [0.15, 0.2) is 26.8 Å². The number of piperazine rings is 1. The van der Waals surface area contributed by atoms with Crippen LogP contribution in [0.4, 0.5) is 13.9 Å². The van der Waals surface area contributed by atoms with Crippen molar-refractivity contribution < 1.29 is 36.4 Å². The van der Waals surface area contributed by atoms with Gasteiger partial charge in [-0.3, -0.25) is 19.8 Å². The molecule has 0 radical (unpaired) electrons. The van der Waals surface area contributed by atoms with Crippen molar-refractivity contribution in [3.63, 3.8) is 0 Å². The third-order valence-electron chi connectivity index (χ3n) is 7.15. The molecule has 11 nitrogen and oxygen atoms in total. The fourth-order valence-corrected chi connectivity index (χ4v) is 7.27. The van der Waals surface area contributed by atoms with Crippen LogP contribution in [0.25, 0.3) is 0 Å². The number of ether oxygens (including phenoxy) is 1. The highest BCUT2D eigenvalue weighted by Gasteiger charge is 2.37. The second kappa shape index (κ2) is 12.5. The summed E-state index contributed by atoms with van der Waals surface area (Å²) in [6.07, 6.45) is 0.256. The summed E-state index contributed by atoms with van der Waals surface area (Å²) in [4.78, 5) is 39.2. The van der Waals surface area contributed by atoms with E-state index in [9.17, 15) is 26.8 Å². The normalized spacial score (nSPS) is 22.2. The number of hydrogen-bond acceptors (Lipinski definition) is 10. The molecule has 2 saturated heterocycles. The van der Waals surface area contributed by atoms with Gasteiger partial charge in [-0.15, -0.1) is 11.3 Å². The zero-order valence-electron chi connectivity index (χ0n) is 22.4. The second-order valence-corrected chi connectivity index (χ2v) is 13.6. The van der Waals surface area contributed by atoms with Gasteiger partial charge >= 0.3 is 6.43 Å². The third-order valence-corrected chi connectivity index (χ3v) is 10.3. The number of nitrogens with zero attached hydrogens (tertiary/aromatic N) is 4. The lowest BCUT2D eigenvalue weighted by Crippen LogP contribution is -2.54. The number of carbonyl (C=O) groups excluding carboxylic acids is 2.